The number of benzene rings is 1. The van der Waals surface area contributed by atoms with Crippen LogP contribution in [-0.4, -0.2) is 13.1 Å². The Hall–Kier alpha value is -0.980. The van der Waals surface area contributed by atoms with E-state index in [4.69, 9.17) is 0 Å². The smallest absolute Gasteiger partial charge is 0.0402 e. The summed E-state index contributed by atoms with van der Waals surface area (Å²) in [7, 11) is 0. The van der Waals surface area contributed by atoms with Crippen LogP contribution in [0.3, 0.4) is 0 Å². The van der Waals surface area contributed by atoms with Crippen molar-refractivity contribution < 1.29 is 0 Å². The zero-order chi connectivity index (χ0) is 13.8. The van der Waals surface area contributed by atoms with Gasteiger partial charge < -0.3 is 4.90 Å². The van der Waals surface area contributed by atoms with E-state index in [1.807, 2.05) is 0 Å². The van der Waals surface area contributed by atoms with Crippen molar-refractivity contribution in [3.63, 3.8) is 0 Å². The number of hydrogen-bond acceptors (Lipinski definition) is 1. The van der Waals surface area contributed by atoms with E-state index in [2.05, 4.69) is 50.8 Å². The summed E-state index contributed by atoms with van der Waals surface area (Å²) in [5.41, 5.74) is 4.68. The highest BCUT2D eigenvalue weighted by Crippen LogP contribution is 2.34. The fraction of sp³-hybridized carbons (Fsp3) is 0.667. The van der Waals surface area contributed by atoms with Gasteiger partial charge in [0.25, 0.3) is 0 Å². The van der Waals surface area contributed by atoms with Gasteiger partial charge >= 0.3 is 0 Å². The Morgan fingerprint density at radius 3 is 2.58 bits per heavy atom. The summed E-state index contributed by atoms with van der Waals surface area (Å²) in [5, 5.41) is 0. The van der Waals surface area contributed by atoms with Gasteiger partial charge in [-0.25, -0.2) is 0 Å². The lowest BCUT2D eigenvalue weighted by atomic mass is 9.95. The summed E-state index contributed by atoms with van der Waals surface area (Å²) in [6, 6.07) is 6.86. The fourth-order valence-electron chi connectivity index (χ4n) is 3.16. The Morgan fingerprint density at radius 2 is 1.89 bits per heavy atom. The minimum Gasteiger partial charge on any atom is -0.371 e. The Labute approximate surface area is 119 Å². The largest absolute Gasteiger partial charge is 0.371 e. The van der Waals surface area contributed by atoms with Crippen molar-refractivity contribution in [1.82, 2.24) is 0 Å². The van der Waals surface area contributed by atoms with E-state index in [1.165, 1.54) is 44.5 Å². The molecule has 0 amide bonds. The summed E-state index contributed by atoms with van der Waals surface area (Å²) in [6.07, 6.45) is 5.32. The molecule has 0 bridgehead atoms. The first-order chi connectivity index (χ1) is 9.09. The molecule has 1 aromatic rings. The van der Waals surface area contributed by atoms with E-state index < -0.39 is 0 Å². The molecule has 0 aliphatic carbocycles. The zero-order valence-corrected chi connectivity index (χ0v) is 13.1. The van der Waals surface area contributed by atoms with Crippen molar-refractivity contribution in [1.29, 1.82) is 0 Å². The Balaban J connectivity index is 1.96. The van der Waals surface area contributed by atoms with Gasteiger partial charge in [0.05, 0.1) is 0 Å². The molecule has 0 unspecified atom stereocenters. The maximum atomic E-state index is 2.60. The highest BCUT2D eigenvalue weighted by Gasteiger charge is 2.21. The fourth-order valence-corrected chi connectivity index (χ4v) is 3.16. The van der Waals surface area contributed by atoms with Crippen LogP contribution in [0.15, 0.2) is 18.2 Å². The van der Waals surface area contributed by atoms with E-state index in [0.717, 1.165) is 5.92 Å². The van der Waals surface area contributed by atoms with Crippen LogP contribution < -0.4 is 4.90 Å². The lowest BCUT2D eigenvalue weighted by molar-refractivity contribution is 0.536. The SMILES string of the molecule is CC(C)CCCCN1CCc2c(C(C)C)cccc21. The first-order valence-corrected chi connectivity index (χ1v) is 7.96. The second-order valence-corrected chi connectivity index (χ2v) is 6.63. The van der Waals surface area contributed by atoms with Crippen molar-refractivity contribution in [2.45, 2.75) is 59.3 Å². The van der Waals surface area contributed by atoms with Crippen molar-refractivity contribution in [2.75, 3.05) is 18.0 Å². The minimum atomic E-state index is 0.649. The summed E-state index contributed by atoms with van der Waals surface area (Å²) < 4.78 is 0. The Morgan fingerprint density at radius 1 is 1.11 bits per heavy atom. The number of rotatable bonds is 6. The quantitative estimate of drug-likeness (QED) is 0.650. The lowest BCUT2D eigenvalue weighted by Gasteiger charge is -2.20. The summed E-state index contributed by atoms with van der Waals surface area (Å²) in [6.45, 7) is 11.7. The van der Waals surface area contributed by atoms with Crippen molar-refractivity contribution >= 4 is 5.69 Å². The Bertz CT molecular complexity index is 406. The topological polar surface area (TPSA) is 3.24 Å². The predicted molar refractivity (Wildman–Crippen MR) is 85.1 cm³/mol. The first-order valence-electron chi connectivity index (χ1n) is 7.96. The first kappa shape index (κ1) is 14.4. The monoisotopic (exact) mass is 259 g/mol. The van der Waals surface area contributed by atoms with Gasteiger partial charge in [-0.3, -0.25) is 0 Å². The van der Waals surface area contributed by atoms with Crippen LogP contribution in [0.1, 0.15) is 64.0 Å². The van der Waals surface area contributed by atoms with Gasteiger partial charge in [-0.15, -0.1) is 0 Å². The third-order valence-corrected chi connectivity index (χ3v) is 4.24. The Kier molecular flexibility index (Phi) is 4.90. The number of unbranched alkanes of at least 4 members (excludes halogenated alkanes) is 1. The molecule has 0 spiro atoms. The predicted octanol–water partition coefficient (Wildman–Crippen LogP) is 5.00. The molecule has 1 heteroatoms. The molecule has 2 rings (SSSR count). The van der Waals surface area contributed by atoms with Gasteiger partial charge in [0.15, 0.2) is 0 Å². The van der Waals surface area contributed by atoms with Crippen LogP contribution >= 0.6 is 0 Å². The van der Waals surface area contributed by atoms with Crippen LogP contribution in [0.5, 0.6) is 0 Å². The van der Waals surface area contributed by atoms with Gasteiger partial charge in [0, 0.05) is 18.8 Å². The van der Waals surface area contributed by atoms with Gasteiger partial charge in [0.1, 0.15) is 0 Å². The average Bonchev–Trinajstić information content (AvgIpc) is 2.77. The van der Waals surface area contributed by atoms with E-state index in [9.17, 15) is 0 Å². The average molecular weight is 259 g/mol. The second kappa shape index (κ2) is 6.45. The molecule has 1 aliphatic heterocycles. The molecular weight excluding hydrogens is 230 g/mol. The molecule has 0 N–H and O–H groups in total. The van der Waals surface area contributed by atoms with E-state index in [-0.39, 0.29) is 0 Å². The summed E-state index contributed by atoms with van der Waals surface area (Å²) in [5.74, 6) is 1.49. The molecule has 0 atom stereocenters. The third kappa shape index (κ3) is 3.52. The molecule has 19 heavy (non-hydrogen) atoms. The third-order valence-electron chi connectivity index (χ3n) is 4.24. The maximum absolute atomic E-state index is 2.60. The van der Waals surface area contributed by atoms with Gasteiger partial charge in [0.2, 0.25) is 0 Å². The molecule has 1 aromatic carbocycles. The number of fused-ring (bicyclic) bond motifs is 1. The molecule has 106 valence electrons. The molecule has 0 fully saturated rings. The van der Waals surface area contributed by atoms with Crippen molar-refractivity contribution in [3.05, 3.63) is 29.3 Å². The standard InChI is InChI=1S/C18H29N/c1-14(2)8-5-6-12-19-13-11-17-16(15(3)4)9-7-10-18(17)19/h7,9-10,14-15H,5-6,8,11-13H2,1-4H3. The van der Waals surface area contributed by atoms with Crippen LogP contribution in [0.25, 0.3) is 0 Å². The second-order valence-electron chi connectivity index (χ2n) is 6.63. The van der Waals surface area contributed by atoms with E-state index in [0.29, 0.717) is 5.92 Å². The van der Waals surface area contributed by atoms with Gasteiger partial charge in [-0.1, -0.05) is 52.7 Å². The summed E-state index contributed by atoms with van der Waals surface area (Å²) >= 11 is 0. The van der Waals surface area contributed by atoms with E-state index in [1.54, 1.807) is 11.1 Å². The molecule has 0 aromatic heterocycles. The molecule has 1 heterocycles. The van der Waals surface area contributed by atoms with Gasteiger partial charge in [-0.2, -0.15) is 0 Å². The molecule has 0 radical (unpaired) electrons. The molecule has 1 aliphatic rings. The van der Waals surface area contributed by atoms with Crippen molar-refractivity contribution in [2.24, 2.45) is 5.92 Å². The molecular formula is C18H29N. The van der Waals surface area contributed by atoms with E-state index >= 15 is 0 Å². The summed E-state index contributed by atoms with van der Waals surface area (Å²) in [4.78, 5) is 2.60. The van der Waals surface area contributed by atoms with Crippen LogP contribution in [0.4, 0.5) is 5.69 Å². The zero-order valence-electron chi connectivity index (χ0n) is 13.1. The minimum absolute atomic E-state index is 0.649. The van der Waals surface area contributed by atoms with Crippen LogP contribution in [0, 0.1) is 5.92 Å². The van der Waals surface area contributed by atoms with Crippen LogP contribution in [0.2, 0.25) is 0 Å². The molecule has 0 saturated carbocycles. The number of nitrogens with zero attached hydrogens (tertiary/aromatic N) is 1. The number of anilines is 1. The highest BCUT2D eigenvalue weighted by molar-refractivity contribution is 5.61. The molecule has 0 saturated heterocycles. The maximum Gasteiger partial charge on any atom is 0.0402 e. The molecule has 1 nitrogen and oxygen atoms in total. The lowest BCUT2D eigenvalue weighted by Crippen LogP contribution is -2.21. The van der Waals surface area contributed by atoms with Crippen LogP contribution in [-0.2, 0) is 6.42 Å². The highest BCUT2D eigenvalue weighted by atomic mass is 15.1. The van der Waals surface area contributed by atoms with Gasteiger partial charge in [-0.05, 0) is 41.9 Å². The van der Waals surface area contributed by atoms with Crippen molar-refractivity contribution in [3.8, 4) is 0 Å². The number of hydrogen-bond donors (Lipinski definition) is 0. The normalized spacial score (nSPS) is 14.5.